The third kappa shape index (κ3) is 3.46. The third-order valence-corrected chi connectivity index (χ3v) is 5.48. The van der Waals surface area contributed by atoms with E-state index in [4.69, 9.17) is 11.6 Å². The van der Waals surface area contributed by atoms with Crippen molar-refractivity contribution in [3.8, 4) is 17.2 Å². The summed E-state index contributed by atoms with van der Waals surface area (Å²) in [6.45, 7) is 5.86. The van der Waals surface area contributed by atoms with Crippen molar-refractivity contribution >= 4 is 34.2 Å². The third-order valence-electron chi connectivity index (χ3n) is 5.17. The minimum Gasteiger partial charge on any atom is -0.352 e. The van der Waals surface area contributed by atoms with E-state index in [-0.39, 0.29) is 17.0 Å². The summed E-state index contributed by atoms with van der Waals surface area (Å²) in [5.74, 6) is 0.0915. The van der Waals surface area contributed by atoms with Gasteiger partial charge in [0.1, 0.15) is 18.0 Å². The normalized spacial score (nSPS) is 13.9. The van der Waals surface area contributed by atoms with Gasteiger partial charge in [0.05, 0.1) is 17.1 Å². The zero-order valence-corrected chi connectivity index (χ0v) is 16.7. The molecule has 8 heteroatoms. The Balaban J connectivity index is 1.75. The Morgan fingerprint density at radius 1 is 1.23 bits per heavy atom. The van der Waals surface area contributed by atoms with Crippen LogP contribution in [0.15, 0.2) is 49.3 Å². The second-order valence-electron chi connectivity index (χ2n) is 6.84. The molecule has 0 unspecified atom stereocenters. The maximum Gasteiger partial charge on any atom is 0.246 e. The fourth-order valence-corrected chi connectivity index (χ4v) is 3.92. The zero-order chi connectivity index (χ0) is 21.3. The number of hydrogen-bond donors (Lipinski definition) is 0. The van der Waals surface area contributed by atoms with E-state index in [0.29, 0.717) is 48.1 Å². The number of benzene rings is 2. The molecule has 1 saturated heterocycles. The molecule has 0 atom stereocenters. The molecule has 1 fully saturated rings. The molecule has 6 nitrogen and oxygen atoms in total. The van der Waals surface area contributed by atoms with E-state index in [1.165, 1.54) is 24.5 Å². The van der Waals surface area contributed by atoms with Crippen molar-refractivity contribution in [1.82, 2.24) is 14.9 Å². The Labute approximate surface area is 177 Å². The van der Waals surface area contributed by atoms with Crippen LogP contribution in [0.1, 0.15) is 5.56 Å². The molecule has 2 aromatic carbocycles. The molecule has 0 saturated carbocycles. The second kappa shape index (κ2) is 8.09. The van der Waals surface area contributed by atoms with Gasteiger partial charge in [0, 0.05) is 47.7 Å². The van der Waals surface area contributed by atoms with Gasteiger partial charge in [0.2, 0.25) is 5.91 Å². The smallest absolute Gasteiger partial charge is 0.246 e. The van der Waals surface area contributed by atoms with Gasteiger partial charge < -0.3 is 9.80 Å². The topological polar surface area (TPSA) is 73.1 Å². The van der Waals surface area contributed by atoms with Gasteiger partial charge in [-0.1, -0.05) is 24.2 Å². The number of amides is 1. The number of carbonyl (C=O) groups excluding carboxylic acids is 1. The summed E-state index contributed by atoms with van der Waals surface area (Å²) in [5.41, 5.74) is 1.36. The lowest BCUT2D eigenvalue weighted by Crippen LogP contribution is -2.48. The predicted molar refractivity (Wildman–Crippen MR) is 114 cm³/mol. The average molecular weight is 422 g/mol. The van der Waals surface area contributed by atoms with Crippen LogP contribution in [0.25, 0.3) is 22.0 Å². The van der Waals surface area contributed by atoms with E-state index in [1.807, 2.05) is 6.07 Å². The lowest BCUT2D eigenvalue weighted by atomic mass is 9.98. The first kappa shape index (κ1) is 19.8. The minimum atomic E-state index is -0.521. The first-order valence-electron chi connectivity index (χ1n) is 9.33. The first-order valence-corrected chi connectivity index (χ1v) is 9.71. The Bertz CT molecular complexity index is 1200. The Kier molecular flexibility index (Phi) is 5.34. The molecule has 1 aliphatic rings. The van der Waals surface area contributed by atoms with E-state index < -0.39 is 5.82 Å². The van der Waals surface area contributed by atoms with Crippen LogP contribution in [-0.2, 0) is 4.79 Å². The molecule has 1 amide bonds. The van der Waals surface area contributed by atoms with Crippen molar-refractivity contribution in [2.45, 2.75) is 0 Å². The lowest BCUT2D eigenvalue weighted by molar-refractivity contribution is -0.126. The highest BCUT2D eigenvalue weighted by molar-refractivity contribution is 6.34. The maximum atomic E-state index is 14.5. The summed E-state index contributed by atoms with van der Waals surface area (Å²) >= 11 is 6.52. The molecule has 0 aliphatic carbocycles. The van der Waals surface area contributed by atoms with E-state index in [9.17, 15) is 14.4 Å². The molecule has 30 heavy (non-hydrogen) atoms. The number of nitriles is 1. The number of rotatable bonds is 3. The summed E-state index contributed by atoms with van der Waals surface area (Å²) in [5, 5.41) is 10.4. The fraction of sp³-hybridized carbons (Fsp3) is 0.182. The second-order valence-corrected chi connectivity index (χ2v) is 7.24. The van der Waals surface area contributed by atoms with E-state index in [0.717, 1.165) is 5.39 Å². The van der Waals surface area contributed by atoms with Crippen LogP contribution < -0.4 is 4.90 Å². The summed E-state index contributed by atoms with van der Waals surface area (Å²) in [6.07, 6.45) is 2.76. The maximum absolute atomic E-state index is 14.5. The first-order chi connectivity index (χ1) is 14.5. The number of aromatic nitrogens is 2. The fourth-order valence-electron chi connectivity index (χ4n) is 3.67. The van der Waals surface area contributed by atoms with Crippen molar-refractivity contribution < 1.29 is 9.18 Å². The van der Waals surface area contributed by atoms with Crippen molar-refractivity contribution in [2.75, 3.05) is 31.1 Å². The van der Waals surface area contributed by atoms with Gasteiger partial charge in [0.15, 0.2) is 0 Å². The molecule has 3 aromatic rings. The van der Waals surface area contributed by atoms with Gasteiger partial charge in [-0.05, 0) is 30.3 Å². The van der Waals surface area contributed by atoms with Crippen LogP contribution in [0.2, 0.25) is 5.02 Å². The van der Waals surface area contributed by atoms with Crippen molar-refractivity contribution in [3.63, 3.8) is 0 Å². The summed E-state index contributed by atoms with van der Waals surface area (Å²) < 4.78 is 14.5. The molecule has 1 aromatic heterocycles. The Hall–Kier alpha value is -3.50. The molecule has 0 N–H and O–H groups in total. The number of nitrogens with zero attached hydrogens (tertiary/aromatic N) is 5. The van der Waals surface area contributed by atoms with Gasteiger partial charge in [0.25, 0.3) is 0 Å². The van der Waals surface area contributed by atoms with Crippen LogP contribution in [0.4, 0.5) is 10.2 Å². The molecule has 0 bridgehead atoms. The highest BCUT2D eigenvalue weighted by Gasteiger charge is 2.23. The van der Waals surface area contributed by atoms with Gasteiger partial charge in [-0.15, -0.1) is 0 Å². The van der Waals surface area contributed by atoms with Crippen LogP contribution in [0.3, 0.4) is 0 Å². The molecule has 2 heterocycles. The van der Waals surface area contributed by atoms with Gasteiger partial charge >= 0.3 is 0 Å². The highest BCUT2D eigenvalue weighted by Crippen LogP contribution is 2.37. The highest BCUT2D eigenvalue weighted by atomic mass is 35.5. The summed E-state index contributed by atoms with van der Waals surface area (Å²) in [6, 6.07) is 9.73. The van der Waals surface area contributed by atoms with Gasteiger partial charge in [-0.25, -0.2) is 14.4 Å². The molecule has 1 aliphatic heterocycles. The number of piperazine rings is 1. The zero-order valence-electron chi connectivity index (χ0n) is 16.0. The lowest BCUT2D eigenvalue weighted by Gasteiger charge is -2.35. The van der Waals surface area contributed by atoms with E-state index in [1.54, 1.807) is 23.1 Å². The molecule has 4 rings (SSSR count). The number of carbonyl (C=O) groups is 1. The van der Waals surface area contributed by atoms with Gasteiger partial charge in [-0.2, -0.15) is 5.26 Å². The van der Waals surface area contributed by atoms with Crippen LogP contribution in [0, 0.1) is 17.1 Å². The monoisotopic (exact) mass is 421 g/mol. The van der Waals surface area contributed by atoms with Crippen molar-refractivity contribution in [2.24, 2.45) is 0 Å². The average Bonchev–Trinajstić information content (AvgIpc) is 2.78. The number of halogens is 2. The Morgan fingerprint density at radius 3 is 2.70 bits per heavy atom. The van der Waals surface area contributed by atoms with E-state index in [2.05, 4.69) is 21.4 Å². The predicted octanol–water partition coefficient (Wildman–Crippen LogP) is 3.80. The standard InChI is InChI=1S/C22H17ClFN5O/c1-2-20(30)28-6-8-29(9-7-28)22-16-10-17(23)15(11-19(16)26-13-27-22)21-14(12-25)4-3-5-18(21)24/h2-5,10-11,13H,1,6-9H2. The van der Waals surface area contributed by atoms with Crippen LogP contribution in [-0.4, -0.2) is 47.0 Å². The number of fused-ring (bicyclic) bond motifs is 1. The molecule has 0 radical (unpaired) electrons. The molecule has 0 spiro atoms. The molecular formula is C22H17ClFN5O. The molecule has 150 valence electrons. The van der Waals surface area contributed by atoms with Crippen molar-refractivity contribution in [3.05, 3.63) is 65.7 Å². The summed E-state index contributed by atoms with van der Waals surface area (Å²) in [4.78, 5) is 24.4. The summed E-state index contributed by atoms with van der Waals surface area (Å²) in [7, 11) is 0. The largest absolute Gasteiger partial charge is 0.352 e. The SMILES string of the molecule is C=CC(=O)N1CCN(c2ncnc3cc(-c4c(F)cccc4C#N)c(Cl)cc23)CC1. The quantitative estimate of drug-likeness (QED) is 0.601. The van der Waals surface area contributed by atoms with Crippen molar-refractivity contribution in [1.29, 1.82) is 5.26 Å². The molecular weight excluding hydrogens is 405 g/mol. The minimum absolute atomic E-state index is 0.0898. The Morgan fingerprint density at radius 2 is 2.00 bits per heavy atom. The number of hydrogen-bond acceptors (Lipinski definition) is 5. The van der Waals surface area contributed by atoms with E-state index >= 15 is 0 Å². The van der Waals surface area contributed by atoms with Gasteiger partial charge in [-0.3, -0.25) is 4.79 Å². The van der Waals surface area contributed by atoms with Crippen LogP contribution in [0.5, 0.6) is 0 Å². The number of anilines is 1. The van der Waals surface area contributed by atoms with Crippen LogP contribution >= 0.6 is 11.6 Å².